The number of aliphatic hydroxyl groups is 1. The second kappa shape index (κ2) is 18.4. The molecule has 57 heavy (non-hydrogen) atoms. The van der Waals surface area contributed by atoms with E-state index in [1.54, 1.807) is 18.9 Å². The van der Waals surface area contributed by atoms with E-state index in [1.807, 2.05) is 20.9 Å². The minimum absolute atomic E-state index is 0.0421. The van der Waals surface area contributed by atoms with Crippen molar-refractivity contribution in [2.75, 3.05) is 33.3 Å². The molecule has 6 aliphatic heterocycles. The van der Waals surface area contributed by atoms with Crippen molar-refractivity contribution in [3.05, 3.63) is 45.0 Å². The van der Waals surface area contributed by atoms with E-state index in [9.17, 15) is 19.8 Å². The van der Waals surface area contributed by atoms with E-state index in [0.29, 0.717) is 30.1 Å². The number of hydrogen-bond acceptors (Lipinski definition) is 11. The number of piperazine rings is 1. The predicted molar refractivity (Wildman–Crippen MR) is 222 cm³/mol. The van der Waals surface area contributed by atoms with E-state index in [0.717, 1.165) is 58.2 Å². The van der Waals surface area contributed by atoms with E-state index in [1.165, 1.54) is 64.2 Å². The van der Waals surface area contributed by atoms with Crippen LogP contribution in [0.1, 0.15) is 153 Å². The number of thioether (sulfide) groups is 1. The fourth-order valence-corrected chi connectivity index (χ4v) is 12.0. The average molecular weight is 808 g/mol. The fourth-order valence-electron chi connectivity index (χ4n) is 10.4. The molecule has 2 saturated heterocycles. The Balaban J connectivity index is 1.10. The molecular weight excluding hydrogens is 743 g/mol. The summed E-state index contributed by atoms with van der Waals surface area (Å²) in [5, 5.41) is 27.1. The van der Waals surface area contributed by atoms with Crippen LogP contribution in [0.5, 0.6) is 23.0 Å². The lowest BCUT2D eigenvalue weighted by Gasteiger charge is -2.62. The molecule has 1 amide bonds. The molecule has 2 fully saturated rings. The van der Waals surface area contributed by atoms with Gasteiger partial charge < -0.3 is 34.5 Å². The molecule has 0 saturated carbocycles. The van der Waals surface area contributed by atoms with Gasteiger partial charge >= 0.3 is 5.97 Å². The zero-order chi connectivity index (χ0) is 40.4. The van der Waals surface area contributed by atoms with Gasteiger partial charge in [-0.25, -0.2) is 4.79 Å². The molecular formula is C45H65N3O8S. The standard InChI is InChI=1S/C45H65N3O8S/c1-7-8-9-10-11-12-13-14-15-16-17-18-19-20-33(49)46-30-24-57-43-34-27(3)28(4)41-42(56-25-55-41)36(34)32(23-54-45(30)52)48-38(43)37-35-29(22-31(44(48)51)47(37)5)21-26(2)40(53-6)39(35)50/h21,30-32,37-38,43-44,50-51H,7-20,22-25H2,1-6H3,(H,46,49)/t30-,31-,32-,37+,38+,43+,44-/m0/s1. The lowest BCUT2D eigenvalue weighted by atomic mass is 9.72. The van der Waals surface area contributed by atoms with Gasteiger partial charge in [-0.15, -0.1) is 11.8 Å². The summed E-state index contributed by atoms with van der Waals surface area (Å²) in [6.07, 6.45) is 16.0. The third kappa shape index (κ3) is 8.09. The van der Waals surface area contributed by atoms with Crippen molar-refractivity contribution in [3.63, 3.8) is 0 Å². The zero-order valence-electron chi connectivity index (χ0n) is 35.0. The second-order valence-corrected chi connectivity index (χ2v) is 18.2. The summed E-state index contributed by atoms with van der Waals surface area (Å²) in [5.74, 6) is 1.57. The number of fused-ring (bicyclic) bond motifs is 10. The first-order valence-electron chi connectivity index (χ1n) is 21.7. The Kier molecular flexibility index (Phi) is 13.5. The number of carbonyl (C=O) groups is 2. The van der Waals surface area contributed by atoms with E-state index in [-0.39, 0.29) is 54.2 Å². The number of aliphatic hydroxyl groups excluding tert-OH is 1. The normalized spacial score (nSPS) is 26.4. The topological polar surface area (TPSA) is 130 Å². The highest BCUT2D eigenvalue weighted by Crippen LogP contribution is 2.62. The molecule has 8 rings (SSSR count). The molecule has 3 N–H and O–H groups in total. The summed E-state index contributed by atoms with van der Waals surface area (Å²) in [7, 11) is 3.61. The average Bonchev–Trinajstić information content (AvgIpc) is 3.68. The lowest BCUT2D eigenvalue weighted by Crippen LogP contribution is -2.69. The first-order chi connectivity index (χ1) is 27.6. The molecule has 11 nitrogen and oxygen atoms in total. The molecule has 7 atom stereocenters. The number of methoxy groups -OCH3 is 1. The van der Waals surface area contributed by atoms with Crippen LogP contribution in [0.15, 0.2) is 6.07 Å². The zero-order valence-corrected chi connectivity index (χ0v) is 35.8. The third-order valence-electron chi connectivity index (χ3n) is 13.5. The van der Waals surface area contributed by atoms with Gasteiger partial charge in [-0.3, -0.25) is 14.6 Å². The van der Waals surface area contributed by atoms with Crippen LogP contribution < -0.4 is 19.5 Å². The number of phenols is 1. The van der Waals surface area contributed by atoms with Gasteiger partial charge in [-0.05, 0) is 68.5 Å². The van der Waals surface area contributed by atoms with E-state index in [4.69, 9.17) is 18.9 Å². The second-order valence-electron chi connectivity index (χ2n) is 17.0. The Labute approximate surface area is 343 Å². The maximum atomic E-state index is 13.9. The molecule has 0 radical (unpaired) electrons. The first-order valence-corrected chi connectivity index (χ1v) is 22.7. The van der Waals surface area contributed by atoms with Crippen LogP contribution in [-0.4, -0.2) is 89.6 Å². The molecule has 6 aliphatic rings. The van der Waals surface area contributed by atoms with Crippen LogP contribution in [-0.2, 0) is 20.7 Å². The van der Waals surface area contributed by atoms with Gasteiger partial charge in [0.1, 0.15) is 18.9 Å². The third-order valence-corrected chi connectivity index (χ3v) is 14.9. The molecule has 2 aromatic carbocycles. The number of rotatable bonds is 16. The molecule has 0 aliphatic carbocycles. The highest BCUT2D eigenvalue weighted by molar-refractivity contribution is 7.99. The van der Waals surface area contributed by atoms with Crippen molar-refractivity contribution in [2.45, 2.75) is 166 Å². The quantitative estimate of drug-likeness (QED) is 0.113. The van der Waals surface area contributed by atoms with Crippen molar-refractivity contribution in [1.29, 1.82) is 0 Å². The number of ether oxygens (including phenoxy) is 4. The number of unbranched alkanes of at least 4 members (excludes halogenated alkanes) is 12. The molecule has 0 unspecified atom stereocenters. The summed E-state index contributed by atoms with van der Waals surface area (Å²) < 4.78 is 24.1. The van der Waals surface area contributed by atoms with Crippen molar-refractivity contribution in [1.82, 2.24) is 15.1 Å². The highest BCUT2D eigenvalue weighted by Gasteiger charge is 2.59. The number of carbonyl (C=O) groups excluding carboxylic acids is 2. The molecule has 2 aromatic rings. The number of aryl methyl sites for hydroxylation is 1. The smallest absolute Gasteiger partial charge is 0.329 e. The van der Waals surface area contributed by atoms with Gasteiger partial charge in [-0.2, -0.15) is 0 Å². The Morgan fingerprint density at radius 2 is 1.56 bits per heavy atom. The van der Waals surface area contributed by atoms with E-state index in [2.05, 4.69) is 35.0 Å². The van der Waals surface area contributed by atoms with Crippen LogP contribution in [0.4, 0.5) is 0 Å². The number of nitrogens with zero attached hydrogens (tertiary/aromatic N) is 2. The number of phenolic OH excluding ortho intramolecular Hbond substituents is 1. The maximum absolute atomic E-state index is 13.9. The molecule has 6 heterocycles. The van der Waals surface area contributed by atoms with Gasteiger partial charge in [0.2, 0.25) is 12.7 Å². The molecule has 12 heteroatoms. The number of likely N-dealkylation sites (N-methyl/N-ethyl adjacent to an activating group) is 1. The van der Waals surface area contributed by atoms with E-state index >= 15 is 0 Å². The van der Waals surface area contributed by atoms with Gasteiger partial charge in [0.05, 0.1) is 25.2 Å². The predicted octanol–water partition coefficient (Wildman–Crippen LogP) is 8.01. The van der Waals surface area contributed by atoms with Gasteiger partial charge in [0.25, 0.3) is 0 Å². The number of aromatic hydroxyl groups is 1. The number of hydrogen-bond donors (Lipinski definition) is 3. The van der Waals surface area contributed by atoms with Crippen LogP contribution in [0.2, 0.25) is 0 Å². The Bertz CT molecular complexity index is 1790. The van der Waals surface area contributed by atoms with Gasteiger partial charge in [0, 0.05) is 34.6 Å². The summed E-state index contributed by atoms with van der Waals surface area (Å²) in [6, 6.07) is -0.267. The molecule has 4 bridgehead atoms. The van der Waals surface area contributed by atoms with Crippen molar-refractivity contribution < 1.29 is 38.7 Å². The summed E-state index contributed by atoms with van der Waals surface area (Å²) in [6.45, 7) is 8.39. The molecule has 314 valence electrons. The Morgan fingerprint density at radius 1 is 0.912 bits per heavy atom. The lowest BCUT2D eigenvalue weighted by molar-refractivity contribution is -0.184. The first kappa shape index (κ1) is 42.0. The van der Waals surface area contributed by atoms with Crippen LogP contribution in [0.3, 0.4) is 0 Å². The monoisotopic (exact) mass is 807 g/mol. The number of esters is 1. The SMILES string of the molecule is CCCCCCCCCCCCCCCC(=O)N[C@H]1CS[C@@H]2c3c(C)c(C)c4c(c3[C@H](COC1=O)N1[C@@H]2[C@H]2c3c(cc(C)c(OC)c3O)C[C@@H]([C@@H]1O)N2C)OCO4. The number of nitrogens with one attached hydrogen (secondary N) is 1. The van der Waals surface area contributed by atoms with Crippen LogP contribution in [0, 0.1) is 20.8 Å². The minimum atomic E-state index is -0.913. The maximum Gasteiger partial charge on any atom is 0.329 e. The number of benzene rings is 2. The Morgan fingerprint density at radius 3 is 2.23 bits per heavy atom. The summed E-state index contributed by atoms with van der Waals surface area (Å²) in [5.41, 5.74) is 6.66. The molecule has 0 aromatic heterocycles. The van der Waals surface area contributed by atoms with Crippen molar-refractivity contribution in [3.8, 4) is 23.0 Å². The van der Waals surface area contributed by atoms with Gasteiger partial charge in [0.15, 0.2) is 23.0 Å². The Hall–Kier alpha value is -3.19. The fraction of sp³-hybridized carbons (Fsp3) is 0.689. The largest absolute Gasteiger partial charge is 0.504 e. The van der Waals surface area contributed by atoms with Crippen molar-refractivity contribution >= 4 is 23.6 Å². The van der Waals surface area contributed by atoms with Gasteiger partial charge in [-0.1, -0.05) is 90.0 Å². The van der Waals surface area contributed by atoms with E-state index < -0.39 is 24.3 Å². The number of amides is 1. The summed E-state index contributed by atoms with van der Waals surface area (Å²) in [4.78, 5) is 31.5. The molecule has 0 spiro atoms. The summed E-state index contributed by atoms with van der Waals surface area (Å²) >= 11 is 1.59. The highest BCUT2D eigenvalue weighted by atomic mass is 32.2. The van der Waals surface area contributed by atoms with Crippen molar-refractivity contribution in [2.24, 2.45) is 0 Å². The minimum Gasteiger partial charge on any atom is -0.504 e. The van der Waals surface area contributed by atoms with Crippen LogP contribution in [0.25, 0.3) is 0 Å². The van der Waals surface area contributed by atoms with Crippen LogP contribution >= 0.6 is 11.8 Å².